The monoisotopic (exact) mass is 229 g/mol. The number of hydrogen-bond donors (Lipinski definition) is 1. The molecule has 0 amide bonds. The van der Waals surface area contributed by atoms with Gasteiger partial charge >= 0.3 is 0 Å². The lowest BCUT2D eigenvalue weighted by Gasteiger charge is -2.16. The van der Waals surface area contributed by atoms with E-state index in [2.05, 4.69) is 9.97 Å². The van der Waals surface area contributed by atoms with Crippen LogP contribution in [0.4, 0.5) is 5.82 Å². The van der Waals surface area contributed by atoms with Gasteiger partial charge in [0, 0.05) is 25.2 Å². The molecule has 0 aliphatic carbocycles. The van der Waals surface area contributed by atoms with Crippen molar-refractivity contribution in [2.75, 3.05) is 25.1 Å². The third kappa shape index (κ3) is 2.79. The molecule has 0 fully saturated rings. The Morgan fingerprint density at radius 3 is 2.65 bits per heavy atom. The summed E-state index contributed by atoms with van der Waals surface area (Å²) in [6.45, 7) is 0.673. The van der Waals surface area contributed by atoms with Crippen molar-refractivity contribution in [1.29, 1.82) is 0 Å². The van der Waals surface area contributed by atoms with E-state index in [0.29, 0.717) is 6.54 Å². The average molecular weight is 229 g/mol. The van der Waals surface area contributed by atoms with Crippen LogP contribution in [0.5, 0.6) is 0 Å². The summed E-state index contributed by atoms with van der Waals surface area (Å²) in [5.74, 6) is 0.813. The molecule has 4 nitrogen and oxygen atoms in total. The van der Waals surface area contributed by atoms with Crippen LogP contribution in [0.25, 0.3) is 11.3 Å². The van der Waals surface area contributed by atoms with Crippen LogP contribution in [-0.2, 0) is 0 Å². The molecule has 1 aromatic heterocycles. The molecule has 1 aromatic carbocycles. The third-order valence-corrected chi connectivity index (χ3v) is 2.55. The topological polar surface area (TPSA) is 49.2 Å². The minimum atomic E-state index is 0.112. The summed E-state index contributed by atoms with van der Waals surface area (Å²) < 4.78 is 0. The van der Waals surface area contributed by atoms with Crippen LogP contribution in [-0.4, -0.2) is 35.3 Å². The molecule has 0 unspecified atom stereocenters. The number of anilines is 1. The van der Waals surface area contributed by atoms with Gasteiger partial charge in [0.05, 0.1) is 12.3 Å². The van der Waals surface area contributed by atoms with E-state index in [-0.39, 0.29) is 6.61 Å². The average Bonchev–Trinajstić information content (AvgIpc) is 2.40. The molecule has 0 saturated heterocycles. The predicted molar refractivity (Wildman–Crippen MR) is 67.8 cm³/mol. The molecule has 0 bridgehead atoms. The summed E-state index contributed by atoms with van der Waals surface area (Å²) in [6, 6.07) is 11.9. The van der Waals surface area contributed by atoms with Gasteiger partial charge < -0.3 is 10.0 Å². The highest BCUT2D eigenvalue weighted by atomic mass is 16.3. The lowest BCUT2D eigenvalue weighted by Crippen LogP contribution is -2.22. The second kappa shape index (κ2) is 5.41. The zero-order chi connectivity index (χ0) is 12.1. The molecule has 4 heteroatoms. The van der Waals surface area contributed by atoms with Gasteiger partial charge in [-0.2, -0.15) is 0 Å². The highest BCUT2D eigenvalue weighted by Crippen LogP contribution is 2.19. The van der Waals surface area contributed by atoms with E-state index < -0.39 is 0 Å². The van der Waals surface area contributed by atoms with Gasteiger partial charge in [0.1, 0.15) is 12.1 Å². The summed E-state index contributed by atoms with van der Waals surface area (Å²) in [7, 11) is 1.90. The first-order valence-corrected chi connectivity index (χ1v) is 5.50. The summed E-state index contributed by atoms with van der Waals surface area (Å²) in [4.78, 5) is 10.3. The number of nitrogens with zero attached hydrogens (tertiary/aromatic N) is 3. The van der Waals surface area contributed by atoms with E-state index in [1.807, 2.05) is 48.3 Å². The minimum Gasteiger partial charge on any atom is -0.395 e. The Kier molecular flexibility index (Phi) is 3.67. The molecule has 0 aliphatic rings. The van der Waals surface area contributed by atoms with Crippen molar-refractivity contribution < 1.29 is 5.11 Å². The zero-order valence-electron chi connectivity index (χ0n) is 9.74. The molecular weight excluding hydrogens is 214 g/mol. The van der Waals surface area contributed by atoms with Gasteiger partial charge in [-0.3, -0.25) is 0 Å². The zero-order valence-corrected chi connectivity index (χ0v) is 9.74. The van der Waals surface area contributed by atoms with Crippen molar-refractivity contribution in [3.63, 3.8) is 0 Å². The van der Waals surface area contributed by atoms with Gasteiger partial charge in [-0.05, 0) is 0 Å². The van der Waals surface area contributed by atoms with Crippen LogP contribution in [0.15, 0.2) is 42.7 Å². The number of hydrogen-bond acceptors (Lipinski definition) is 4. The van der Waals surface area contributed by atoms with Gasteiger partial charge in [0.25, 0.3) is 0 Å². The summed E-state index contributed by atoms with van der Waals surface area (Å²) >= 11 is 0. The highest BCUT2D eigenvalue weighted by Gasteiger charge is 2.04. The Balaban J connectivity index is 2.29. The fourth-order valence-corrected chi connectivity index (χ4v) is 1.59. The van der Waals surface area contributed by atoms with E-state index >= 15 is 0 Å². The first kappa shape index (κ1) is 11.5. The molecule has 0 aliphatic heterocycles. The van der Waals surface area contributed by atoms with Crippen molar-refractivity contribution in [2.24, 2.45) is 0 Å². The molecule has 2 rings (SSSR count). The Morgan fingerprint density at radius 1 is 1.18 bits per heavy atom. The van der Waals surface area contributed by atoms with E-state index in [1.54, 1.807) is 6.33 Å². The summed E-state index contributed by atoms with van der Waals surface area (Å²) in [5.41, 5.74) is 1.95. The molecule has 0 atom stereocenters. The third-order valence-electron chi connectivity index (χ3n) is 2.55. The van der Waals surface area contributed by atoms with Crippen molar-refractivity contribution in [3.8, 4) is 11.3 Å². The van der Waals surface area contributed by atoms with Gasteiger partial charge in [0.15, 0.2) is 0 Å². The minimum absolute atomic E-state index is 0.112. The Labute approximate surface area is 101 Å². The Bertz CT molecular complexity index is 473. The first-order chi connectivity index (χ1) is 8.31. The fourth-order valence-electron chi connectivity index (χ4n) is 1.59. The maximum atomic E-state index is 8.90. The normalized spacial score (nSPS) is 10.2. The quantitative estimate of drug-likeness (QED) is 0.864. The second-order valence-corrected chi connectivity index (χ2v) is 3.77. The van der Waals surface area contributed by atoms with Crippen LogP contribution in [0.1, 0.15) is 0 Å². The molecule has 0 radical (unpaired) electrons. The first-order valence-electron chi connectivity index (χ1n) is 5.50. The molecule has 0 saturated carbocycles. The molecule has 1 heterocycles. The van der Waals surface area contributed by atoms with Gasteiger partial charge in [-0.25, -0.2) is 9.97 Å². The molecule has 88 valence electrons. The Hall–Kier alpha value is -1.94. The number of aliphatic hydroxyl groups excluding tert-OH is 1. The van der Waals surface area contributed by atoms with E-state index in [9.17, 15) is 0 Å². The number of aromatic nitrogens is 2. The van der Waals surface area contributed by atoms with Crippen LogP contribution >= 0.6 is 0 Å². The molecule has 2 aromatic rings. The fraction of sp³-hybridized carbons (Fsp3) is 0.231. The van der Waals surface area contributed by atoms with E-state index in [4.69, 9.17) is 5.11 Å². The van der Waals surface area contributed by atoms with Gasteiger partial charge in [0.2, 0.25) is 0 Å². The van der Waals surface area contributed by atoms with Crippen LogP contribution in [0, 0.1) is 0 Å². The number of likely N-dealkylation sites (N-methyl/N-ethyl adjacent to an activating group) is 1. The van der Waals surface area contributed by atoms with Gasteiger partial charge in [-0.1, -0.05) is 30.3 Å². The molecule has 1 N–H and O–H groups in total. The largest absolute Gasteiger partial charge is 0.395 e. The smallest absolute Gasteiger partial charge is 0.132 e. The summed E-state index contributed by atoms with van der Waals surface area (Å²) in [5, 5.41) is 8.90. The van der Waals surface area contributed by atoms with Crippen LogP contribution < -0.4 is 4.90 Å². The SMILES string of the molecule is CN(CCO)c1cc(-c2ccccc2)ncn1. The maximum absolute atomic E-state index is 8.90. The van der Waals surface area contributed by atoms with Gasteiger partial charge in [-0.15, -0.1) is 0 Å². The van der Waals surface area contributed by atoms with E-state index in [0.717, 1.165) is 17.1 Å². The van der Waals surface area contributed by atoms with Crippen molar-refractivity contribution >= 4 is 5.82 Å². The lowest BCUT2D eigenvalue weighted by molar-refractivity contribution is 0.304. The molecule has 17 heavy (non-hydrogen) atoms. The van der Waals surface area contributed by atoms with Crippen molar-refractivity contribution in [3.05, 3.63) is 42.7 Å². The highest BCUT2D eigenvalue weighted by molar-refractivity contribution is 5.62. The van der Waals surface area contributed by atoms with E-state index in [1.165, 1.54) is 0 Å². The van der Waals surface area contributed by atoms with Crippen LogP contribution in [0.2, 0.25) is 0 Å². The lowest BCUT2D eigenvalue weighted by atomic mass is 10.1. The molecule has 0 spiro atoms. The maximum Gasteiger partial charge on any atom is 0.132 e. The van der Waals surface area contributed by atoms with Crippen molar-refractivity contribution in [1.82, 2.24) is 9.97 Å². The Morgan fingerprint density at radius 2 is 1.94 bits per heavy atom. The predicted octanol–water partition coefficient (Wildman–Crippen LogP) is 1.57. The standard InChI is InChI=1S/C13H15N3O/c1-16(7-8-17)13-9-12(14-10-15-13)11-5-3-2-4-6-11/h2-6,9-10,17H,7-8H2,1H3. The van der Waals surface area contributed by atoms with Crippen molar-refractivity contribution in [2.45, 2.75) is 0 Å². The second-order valence-electron chi connectivity index (χ2n) is 3.77. The summed E-state index contributed by atoms with van der Waals surface area (Å²) in [6.07, 6.45) is 1.55. The number of rotatable bonds is 4. The number of benzene rings is 1. The van der Waals surface area contributed by atoms with Crippen LogP contribution in [0.3, 0.4) is 0 Å². The number of aliphatic hydroxyl groups is 1. The molecular formula is C13H15N3O.